The van der Waals surface area contributed by atoms with Crippen LogP contribution in [-0.4, -0.2) is 54.2 Å². The molecule has 7 heteroatoms. The fourth-order valence-corrected chi connectivity index (χ4v) is 3.35. The fourth-order valence-electron chi connectivity index (χ4n) is 3.35. The number of esters is 1. The summed E-state index contributed by atoms with van der Waals surface area (Å²) in [5, 5.41) is 6.95. The molecule has 25 heavy (non-hydrogen) atoms. The summed E-state index contributed by atoms with van der Waals surface area (Å²) in [4.78, 5) is 26.4. The van der Waals surface area contributed by atoms with Crippen molar-refractivity contribution in [3.63, 3.8) is 0 Å². The van der Waals surface area contributed by atoms with Crippen molar-refractivity contribution in [1.82, 2.24) is 15.4 Å². The molecule has 1 amide bonds. The zero-order valence-corrected chi connectivity index (χ0v) is 15.2. The molecular formula is C18H27N3O4. The maximum Gasteiger partial charge on any atom is 0.309 e. The summed E-state index contributed by atoms with van der Waals surface area (Å²) in [5.41, 5.74) is 0.354. The van der Waals surface area contributed by atoms with Crippen molar-refractivity contribution >= 4 is 11.9 Å². The monoisotopic (exact) mass is 349 g/mol. The lowest BCUT2D eigenvalue weighted by molar-refractivity contribution is -0.147. The maximum atomic E-state index is 12.4. The van der Waals surface area contributed by atoms with E-state index in [-0.39, 0.29) is 23.8 Å². The van der Waals surface area contributed by atoms with Crippen LogP contribution in [-0.2, 0) is 9.53 Å². The van der Waals surface area contributed by atoms with Crippen LogP contribution in [0, 0.1) is 11.8 Å². The maximum absolute atomic E-state index is 12.4. The summed E-state index contributed by atoms with van der Waals surface area (Å²) < 4.78 is 10.3. The van der Waals surface area contributed by atoms with Crippen LogP contribution in [0.1, 0.15) is 55.8 Å². The van der Waals surface area contributed by atoms with Crippen molar-refractivity contribution < 1.29 is 18.8 Å². The van der Waals surface area contributed by atoms with Gasteiger partial charge in [-0.2, -0.15) is 0 Å². The van der Waals surface area contributed by atoms with Crippen molar-refractivity contribution in [2.75, 3.05) is 26.2 Å². The number of hydrogen-bond acceptors (Lipinski definition) is 6. The van der Waals surface area contributed by atoms with Crippen LogP contribution in [0.4, 0.5) is 0 Å². The van der Waals surface area contributed by atoms with Gasteiger partial charge in [0.15, 0.2) is 5.69 Å². The van der Waals surface area contributed by atoms with Gasteiger partial charge < -0.3 is 19.5 Å². The van der Waals surface area contributed by atoms with Gasteiger partial charge in [-0.1, -0.05) is 19.0 Å². The van der Waals surface area contributed by atoms with Crippen molar-refractivity contribution in [2.24, 2.45) is 11.8 Å². The predicted molar refractivity (Wildman–Crippen MR) is 91.1 cm³/mol. The highest BCUT2D eigenvalue weighted by Crippen LogP contribution is 2.40. The minimum atomic E-state index is -0.187. The van der Waals surface area contributed by atoms with Crippen LogP contribution in [0.5, 0.6) is 0 Å². The van der Waals surface area contributed by atoms with Gasteiger partial charge in [-0.15, -0.1) is 0 Å². The van der Waals surface area contributed by atoms with E-state index in [2.05, 4.69) is 22.3 Å². The third kappa shape index (κ3) is 4.39. The molecule has 2 fully saturated rings. The number of nitrogens with zero attached hydrogens (tertiary/aromatic N) is 2. The van der Waals surface area contributed by atoms with Gasteiger partial charge >= 0.3 is 5.97 Å². The average molecular weight is 349 g/mol. The highest BCUT2D eigenvalue weighted by molar-refractivity contribution is 5.92. The summed E-state index contributed by atoms with van der Waals surface area (Å²) in [6.07, 6.45) is 2.23. The van der Waals surface area contributed by atoms with E-state index in [1.54, 1.807) is 6.07 Å². The van der Waals surface area contributed by atoms with E-state index in [1.165, 1.54) is 0 Å². The summed E-state index contributed by atoms with van der Waals surface area (Å²) in [6, 6.07) is 1.80. The predicted octanol–water partition coefficient (Wildman–Crippen LogP) is 1.80. The molecule has 7 nitrogen and oxygen atoms in total. The van der Waals surface area contributed by atoms with Crippen molar-refractivity contribution in [2.45, 2.75) is 45.6 Å². The van der Waals surface area contributed by atoms with E-state index in [1.807, 2.05) is 13.8 Å². The van der Waals surface area contributed by atoms with Crippen molar-refractivity contribution in [1.29, 1.82) is 0 Å². The Bertz CT molecular complexity index is 626. The summed E-state index contributed by atoms with van der Waals surface area (Å²) in [6.45, 7) is 8.42. The number of aromatic nitrogens is 1. The first-order chi connectivity index (χ1) is 12.0. The molecular weight excluding hydrogens is 322 g/mol. The second kappa shape index (κ2) is 7.56. The molecule has 1 saturated carbocycles. The van der Waals surface area contributed by atoms with E-state index in [4.69, 9.17) is 9.26 Å². The molecule has 3 atom stereocenters. The van der Waals surface area contributed by atoms with E-state index in [9.17, 15) is 9.59 Å². The first-order valence-electron chi connectivity index (χ1n) is 9.14. The topological polar surface area (TPSA) is 84.7 Å². The molecule has 1 saturated heterocycles. The largest absolute Gasteiger partial charge is 0.466 e. The molecule has 1 unspecified atom stereocenters. The average Bonchev–Trinajstić information content (AvgIpc) is 3.20. The Kier molecular flexibility index (Phi) is 5.42. The van der Waals surface area contributed by atoms with Gasteiger partial charge in [-0.25, -0.2) is 0 Å². The number of carbonyl (C=O) groups excluding carboxylic acids is 2. The lowest BCUT2D eigenvalue weighted by Crippen LogP contribution is -2.40. The van der Waals surface area contributed by atoms with Gasteiger partial charge in [0.25, 0.3) is 5.91 Å². The van der Waals surface area contributed by atoms with Gasteiger partial charge in [0.1, 0.15) is 5.76 Å². The number of hydrogen-bond donors (Lipinski definition) is 1. The zero-order valence-electron chi connectivity index (χ0n) is 15.2. The van der Waals surface area contributed by atoms with Gasteiger partial charge in [0.05, 0.1) is 12.5 Å². The Morgan fingerprint density at radius 1 is 1.44 bits per heavy atom. The minimum Gasteiger partial charge on any atom is -0.466 e. The number of carbonyl (C=O) groups is 2. The highest BCUT2D eigenvalue weighted by atomic mass is 16.5. The van der Waals surface area contributed by atoms with Crippen LogP contribution in [0.3, 0.4) is 0 Å². The molecule has 2 heterocycles. The minimum absolute atomic E-state index is 0.0444. The SMILES string of the molecule is CCOC(=O)C(C)CN1C[C@@H](C)[C@H](NC(=O)c2cc(C3CC3)on2)C1. The Morgan fingerprint density at radius 3 is 2.88 bits per heavy atom. The van der Waals surface area contributed by atoms with Gasteiger partial charge in [-0.05, 0) is 25.7 Å². The first-order valence-corrected chi connectivity index (χ1v) is 9.14. The Hall–Kier alpha value is -1.89. The normalized spacial score (nSPS) is 24.9. The molecule has 0 radical (unpaired) electrons. The Balaban J connectivity index is 1.50. The second-order valence-electron chi connectivity index (χ2n) is 7.32. The molecule has 2 aliphatic rings. The number of likely N-dealkylation sites (tertiary alicyclic amines) is 1. The molecule has 138 valence electrons. The zero-order chi connectivity index (χ0) is 18.0. The first kappa shape index (κ1) is 17.9. The van der Waals surface area contributed by atoms with E-state index in [0.717, 1.165) is 31.7 Å². The number of amides is 1. The number of nitrogens with one attached hydrogen (secondary N) is 1. The summed E-state index contributed by atoms with van der Waals surface area (Å²) >= 11 is 0. The molecule has 3 rings (SSSR count). The molecule has 1 N–H and O–H groups in total. The Morgan fingerprint density at radius 2 is 2.20 bits per heavy atom. The van der Waals surface area contributed by atoms with Gasteiger partial charge in [-0.3, -0.25) is 9.59 Å². The molecule has 1 aliphatic carbocycles. The molecule has 1 aliphatic heterocycles. The molecule has 1 aromatic heterocycles. The van der Waals surface area contributed by atoms with Gasteiger partial charge in [0, 0.05) is 37.7 Å². The molecule has 0 bridgehead atoms. The third-order valence-electron chi connectivity index (χ3n) is 4.97. The second-order valence-corrected chi connectivity index (χ2v) is 7.32. The van der Waals surface area contributed by atoms with Crippen LogP contribution < -0.4 is 5.32 Å². The highest BCUT2D eigenvalue weighted by Gasteiger charge is 2.34. The fraction of sp³-hybridized carbons (Fsp3) is 0.722. The van der Waals surface area contributed by atoms with E-state index in [0.29, 0.717) is 30.7 Å². The van der Waals surface area contributed by atoms with Crippen molar-refractivity contribution in [3.05, 3.63) is 17.5 Å². The van der Waals surface area contributed by atoms with Gasteiger partial charge in [0.2, 0.25) is 0 Å². The lowest BCUT2D eigenvalue weighted by Gasteiger charge is -2.19. The number of rotatable bonds is 7. The quantitative estimate of drug-likeness (QED) is 0.756. The number of ether oxygens (including phenoxy) is 1. The van der Waals surface area contributed by atoms with E-state index < -0.39 is 0 Å². The smallest absolute Gasteiger partial charge is 0.309 e. The van der Waals surface area contributed by atoms with Crippen LogP contribution in [0.15, 0.2) is 10.6 Å². The van der Waals surface area contributed by atoms with Crippen LogP contribution in [0.25, 0.3) is 0 Å². The van der Waals surface area contributed by atoms with Crippen molar-refractivity contribution in [3.8, 4) is 0 Å². The molecule has 0 aromatic carbocycles. The van der Waals surface area contributed by atoms with E-state index >= 15 is 0 Å². The summed E-state index contributed by atoms with van der Waals surface area (Å²) in [7, 11) is 0. The molecule has 1 aromatic rings. The van der Waals surface area contributed by atoms with Crippen LogP contribution in [0.2, 0.25) is 0 Å². The molecule has 0 spiro atoms. The Labute approximate surface area is 148 Å². The lowest BCUT2D eigenvalue weighted by atomic mass is 10.1. The van der Waals surface area contributed by atoms with Crippen LogP contribution >= 0.6 is 0 Å². The standard InChI is InChI=1S/C18H27N3O4/c1-4-24-18(23)12(3)9-21-8-11(2)15(10-21)19-17(22)14-7-16(25-20-14)13-5-6-13/h7,11-13,15H,4-6,8-10H2,1-3H3,(H,19,22)/t11-,12?,15-/m1/s1. The summed E-state index contributed by atoms with van der Waals surface area (Å²) in [5.74, 6) is 1.05. The third-order valence-corrected chi connectivity index (χ3v) is 4.97.